The van der Waals surface area contributed by atoms with Crippen molar-refractivity contribution >= 4 is 11.8 Å². The third-order valence-electron chi connectivity index (χ3n) is 3.76. The topological polar surface area (TPSA) is 83.6 Å². The Morgan fingerprint density at radius 3 is 2.83 bits per heavy atom. The number of pyridine rings is 1. The SMILES string of the molecule is CNC(=O)c1cnccc1C(=O)NCCN1CCOC(C)(C)C1. The van der Waals surface area contributed by atoms with Crippen LogP contribution in [0.2, 0.25) is 0 Å². The van der Waals surface area contributed by atoms with Gasteiger partial charge in [0.2, 0.25) is 0 Å². The predicted molar refractivity (Wildman–Crippen MR) is 86.4 cm³/mol. The Morgan fingerprint density at radius 1 is 1.35 bits per heavy atom. The van der Waals surface area contributed by atoms with Crippen LogP contribution >= 0.6 is 0 Å². The average molecular weight is 320 g/mol. The first kappa shape index (κ1) is 17.4. The zero-order valence-electron chi connectivity index (χ0n) is 13.9. The number of aromatic nitrogens is 1. The number of hydrogen-bond acceptors (Lipinski definition) is 5. The molecule has 7 heteroatoms. The number of rotatable bonds is 5. The second kappa shape index (κ2) is 7.52. The van der Waals surface area contributed by atoms with Crippen molar-refractivity contribution in [1.29, 1.82) is 0 Å². The minimum Gasteiger partial charge on any atom is -0.373 e. The molecule has 1 fully saturated rings. The molecule has 1 saturated heterocycles. The summed E-state index contributed by atoms with van der Waals surface area (Å²) in [5, 5.41) is 5.38. The molecule has 2 amide bonds. The predicted octanol–water partition coefficient (Wildman–Crippen LogP) is 0.282. The summed E-state index contributed by atoms with van der Waals surface area (Å²) < 4.78 is 5.67. The maximum atomic E-state index is 12.3. The molecule has 1 aliphatic rings. The Bertz CT molecular complexity index is 574. The van der Waals surface area contributed by atoms with Crippen LogP contribution < -0.4 is 10.6 Å². The lowest BCUT2D eigenvalue weighted by Crippen LogP contribution is -2.50. The highest BCUT2D eigenvalue weighted by Gasteiger charge is 2.26. The molecule has 0 unspecified atom stereocenters. The summed E-state index contributed by atoms with van der Waals surface area (Å²) in [7, 11) is 1.52. The number of carbonyl (C=O) groups is 2. The van der Waals surface area contributed by atoms with Crippen LogP contribution in [0.4, 0.5) is 0 Å². The van der Waals surface area contributed by atoms with Crippen LogP contribution in [0.3, 0.4) is 0 Å². The highest BCUT2D eigenvalue weighted by atomic mass is 16.5. The van der Waals surface area contributed by atoms with Crippen molar-refractivity contribution in [2.24, 2.45) is 0 Å². The van der Waals surface area contributed by atoms with Gasteiger partial charge >= 0.3 is 0 Å². The summed E-state index contributed by atoms with van der Waals surface area (Å²) in [6.45, 7) is 7.78. The first-order valence-electron chi connectivity index (χ1n) is 7.73. The summed E-state index contributed by atoms with van der Waals surface area (Å²) >= 11 is 0. The van der Waals surface area contributed by atoms with E-state index in [9.17, 15) is 9.59 Å². The number of hydrogen-bond donors (Lipinski definition) is 2. The molecule has 0 saturated carbocycles. The summed E-state index contributed by atoms with van der Waals surface area (Å²) in [5.41, 5.74) is 0.460. The number of carbonyl (C=O) groups excluding carboxylic acids is 2. The van der Waals surface area contributed by atoms with Gasteiger partial charge in [-0.25, -0.2) is 0 Å². The number of amides is 2. The van der Waals surface area contributed by atoms with Crippen LogP contribution in [-0.2, 0) is 4.74 Å². The Hall–Kier alpha value is -1.99. The van der Waals surface area contributed by atoms with E-state index in [0.717, 1.165) is 19.6 Å². The molecule has 0 bridgehead atoms. The quantitative estimate of drug-likeness (QED) is 0.814. The molecule has 0 atom stereocenters. The minimum atomic E-state index is -0.321. The molecule has 0 spiro atoms. The Labute approximate surface area is 136 Å². The van der Waals surface area contributed by atoms with Crippen LogP contribution in [0.25, 0.3) is 0 Å². The van der Waals surface area contributed by atoms with Crippen molar-refractivity contribution < 1.29 is 14.3 Å². The molecule has 2 rings (SSSR count). The Morgan fingerprint density at radius 2 is 2.13 bits per heavy atom. The van der Waals surface area contributed by atoms with Crippen molar-refractivity contribution in [2.75, 3.05) is 39.8 Å². The number of ether oxygens (including phenoxy) is 1. The van der Waals surface area contributed by atoms with E-state index in [-0.39, 0.29) is 23.0 Å². The van der Waals surface area contributed by atoms with Gasteiger partial charge in [0.25, 0.3) is 11.8 Å². The first-order chi connectivity index (χ1) is 10.9. The van der Waals surface area contributed by atoms with Gasteiger partial charge in [0, 0.05) is 45.6 Å². The van der Waals surface area contributed by atoms with Crippen molar-refractivity contribution in [3.8, 4) is 0 Å². The largest absolute Gasteiger partial charge is 0.373 e. The lowest BCUT2D eigenvalue weighted by molar-refractivity contribution is -0.0853. The summed E-state index contributed by atoms with van der Waals surface area (Å²) in [4.78, 5) is 30.2. The molecule has 126 valence electrons. The van der Waals surface area contributed by atoms with Crippen LogP contribution in [0.15, 0.2) is 18.5 Å². The van der Waals surface area contributed by atoms with E-state index in [4.69, 9.17) is 4.74 Å². The highest BCUT2D eigenvalue weighted by Crippen LogP contribution is 2.15. The van der Waals surface area contributed by atoms with Crippen LogP contribution in [0, 0.1) is 0 Å². The molecule has 0 aliphatic carbocycles. The van der Waals surface area contributed by atoms with Crippen molar-refractivity contribution in [1.82, 2.24) is 20.5 Å². The van der Waals surface area contributed by atoms with Gasteiger partial charge < -0.3 is 15.4 Å². The van der Waals surface area contributed by atoms with E-state index in [2.05, 4.69) is 34.4 Å². The fraction of sp³-hybridized carbons (Fsp3) is 0.562. The first-order valence-corrected chi connectivity index (χ1v) is 7.73. The third kappa shape index (κ3) is 4.74. The van der Waals surface area contributed by atoms with E-state index in [0.29, 0.717) is 18.7 Å². The van der Waals surface area contributed by atoms with Crippen LogP contribution in [0.1, 0.15) is 34.6 Å². The monoisotopic (exact) mass is 320 g/mol. The van der Waals surface area contributed by atoms with Crippen LogP contribution in [0.5, 0.6) is 0 Å². The van der Waals surface area contributed by atoms with Gasteiger partial charge in [-0.15, -0.1) is 0 Å². The van der Waals surface area contributed by atoms with Crippen molar-refractivity contribution in [2.45, 2.75) is 19.4 Å². The molecule has 0 radical (unpaired) electrons. The highest BCUT2D eigenvalue weighted by molar-refractivity contribution is 6.06. The maximum Gasteiger partial charge on any atom is 0.253 e. The lowest BCUT2D eigenvalue weighted by atomic mass is 10.1. The molecule has 2 N–H and O–H groups in total. The van der Waals surface area contributed by atoms with Gasteiger partial charge in [-0.2, -0.15) is 0 Å². The summed E-state index contributed by atoms with van der Waals surface area (Å²) in [6.07, 6.45) is 2.91. The van der Waals surface area contributed by atoms with E-state index in [1.54, 1.807) is 6.07 Å². The standard InChI is InChI=1S/C16H24N4O3/c1-16(2)11-20(8-9-23-16)7-6-19-15(22)12-4-5-18-10-13(12)14(21)17-3/h4-5,10H,6-9,11H2,1-3H3,(H,17,21)(H,19,22). The molecule has 0 aromatic carbocycles. The lowest BCUT2D eigenvalue weighted by Gasteiger charge is -2.38. The number of nitrogens with zero attached hydrogens (tertiary/aromatic N) is 2. The normalized spacial score (nSPS) is 17.5. The third-order valence-corrected chi connectivity index (χ3v) is 3.76. The second-order valence-electron chi connectivity index (χ2n) is 6.14. The molecule has 7 nitrogen and oxygen atoms in total. The van der Waals surface area contributed by atoms with Gasteiger partial charge in [-0.1, -0.05) is 0 Å². The number of morpholine rings is 1. The molecular formula is C16H24N4O3. The van der Waals surface area contributed by atoms with Gasteiger partial charge in [0.15, 0.2) is 0 Å². The van der Waals surface area contributed by atoms with Gasteiger partial charge in [-0.3, -0.25) is 19.5 Å². The van der Waals surface area contributed by atoms with Crippen LogP contribution in [-0.4, -0.2) is 67.1 Å². The summed E-state index contributed by atoms with van der Waals surface area (Å²) in [5.74, 6) is -0.586. The fourth-order valence-corrected chi connectivity index (χ4v) is 2.64. The number of nitrogens with one attached hydrogen (secondary N) is 2. The van der Waals surface area contributed by atoms with Gasteiger partial charge in [-0.05, 0) is 19.9 Å². The molecule has 23 heavy (non-hydrogen) atoms. The fourth-order valence-electron chi connectivity index (χ4n) is 2.64. The van der Waals surface area contributed by atoms with E-state index >= 15 is 0 Å². The summed E-state index contributed by atoms with van der Waals surface area (Å²) in [6, 6.07) is 1.55. The molecule has 1 aromatic heterocycles. The van der Waals surface area contributed by atoms with Gasteiger partial charge in [0.1, 0.15) is 0 Å². The average Bonchev–Trinajstić information content (AvgIpc) is 2.53. The molecule has 1 aromatic rings. The molecular weight excluding hydrogens is 296 g/mol. The van der Waals surface area contributed by atoms with E-state index in [1.807, 2.05) is 0 Å². The van der Waals surface area contributed by atoms with E-state index < -0.39 is 0 Å². The minimum absolute atomic E-state index is 0.153. The molecule has 2 heterocycles. The zero-order chi connectivity index (χ0) is 16.9. The maximum absolute atomic E-state index is 12.3. The van der Waals surface area contributed by atoms with E-state index in [1.165, 1.54) is 19.4 Å². The Kier molecular flexibility index (Phi) is 5.68. The molecule has 1 aliphatic heterocycles. The van der Waals surface area contributed by atoms with Crippen molar-refractivity contribution in [3.63, 3.8) is 0 Å². The second-order valence-corrected chi connectivity index (χ2v) is 6.14. The van der Waals surface area contributed by atoms with Crippen molar-refractivity contribution in [3.05, 3.63) is 29.6 Å². The Balaban J connectivity index is 1.89. The smallest absolute Gasteiger partial charge is 0.253 e. The van der Waals surface area contributed by atoms with Gasteiger partial charge in [0.05, 0.1) is 23.3 Å². The zero-order valence-corrected chi connectivity index (χ0v) is 13.9.